The first-order valence-electron chi connectivity index (χ1n) is 11.6. The van der Waals surface area contributed by atoms with Gasteiger partial charge in [0.05, 0.1) is 12.0 Å². The molecule has 2 fully saturated rings. The van der Waals surface area contributed by atoms with Crippen LogP contribution < -0.4 is 0 Å². The molecule has 0 amide bonds. The van der Waals surface area contributed by atoms with E-state index in [0.717, 1.165) is 6.42 Å². The fraction of sp³-hybridized carbons (Fsp3) is 0.692. The third kappa shape index (κ3) is 2.75. The monoisotopic (exact) mass is 444 g/mol. The fourth-order valence-electron chi connectivity index (χ4n) is 7.07. The molecule has 8 atom stereocenters. The van der Waals surface area contributed by atoms with Gasteiger partial charge in [0.2, 0.25) is 0 Å². The first-order chi connectivity index (χ1) is 14.9. The summed E-state index contributed by atoms with van der Waals surface area (Å²) >= 11 is 0. The predicted molar refractivity (Wildman–Crippen MR) is 119 cm³/mol. The second-order valence-electron chi connectivity index (χ2n) is 10.9. The molecule has 0 unspecified atom stereocenters. The van der Waals surface area contributed by atoms with Crippen molar-refractivity contribution >= 4 is 11.8 Å². The van der Waals surface area contributed by atoms with Crippen molar-refractivity contribution in [2.75, 3.05) is 13.7 Å². The molecule has 6 heteroatoms. The molecule has 4 rings (SSSR count). The third-order valence-corrected chi connectivity index (χ3v) is 9.01. The maximum absolute atomic E-state index is 14.3. The van der Waals surface area contributed by atoms with Gasteiger partial charge in [0.25, 0.3) is 0 Å². The average Bonchev–Trinajstić information content (AvgIpc) is 3.23. The summed E-state index contributed by atoms with van der Waals surface area (Å²) in [5.74, 6) is -0.810. The zero-order chi connectivity index (χ0) is 23.8. The molecule has 176 valence electrons. The Bertz CT molecular complexity index is 942. The molecule has 4 aliphatic carbocycles. The minimum absolute atomic E-state index is 0.0184. The molecular formula is C26H36O6. The van der Waals surface area contributed by atoms with E-state index in [9.17, 15) is 19.8 Å². The lowest BCUT2D eigenvalue weighted by atomic mass is 9.59. The standard InChI is InChI=1S/C26H36O6/c1-8-13(2)23(29)32-22-14(3)11-25-15(4)9-18-19(24(18,5)6)17(21(25)28)10-16(12-31-7)20(27)26(22,25)30/h8,10-11,15,17-20,22,27,30H,9,12H2,1-7H3/b13-8-/t15-,17+,18-,19+,20-,22+,25-,26+/m1/s1. The summed E-state index contributed by atoms with van der Waals surface area (Å²) in [7, 11) is 1.52. The maximum atomic E-state index is 14.3. The highest BCUT2D eigenvalue weighted by atomic mass is 16.6. The molecule has 2 bridgehead atoms. The van der Waals surface area contributed by atoms with Crippen molar-refractivity contribution in [3.05, 3.63) is 34.9 Å². The van der Waals surface area contributed by atoms with Crippen LogP contribution in [-0.4, -0.2) is 53.5 Å². The minimum Gasteiger partial charge on any atom is -0.451 e. The summed E-state index contributed by atoms with van der Waals surface area (Å²) < 4.78 is 11.2. The molecule has 4 aliphatic rings. The Hall–Kier alpha value is -1.76. The number of methoxy groups -OCH3 is 1. The van der Waals surface area contributed by atoms with Crippen molar-refractivity contribution in [2.24, 2.45) is 34.5 Å². The SMILES string of the molecule is C/C=C(/C)C(=O)O[C@H]1C(C)=C[C@@]23C(=O)[C@@H](C=C(COC)[C@@H](O)[C@]12O)[C@H]1[C@@H](C[C@H]3C)C1(C)C. The van der Waals surface area contributed by atoms with Gasteiger partial charge in [-0.2, -0.15) is 0 Å². The maximum Gasteiger partial charge on any atom is 0.334 e. The lowest BCUT2D eigenvalue weighted by Crippen LogP contribution is -2.65. The van der Waals surface area contributed by atoms with E-state index in [1.807, 2.05) is 13.0 Å². The van der Waals surface area contributed by atoms with Crippen LogP contribution in [0.3, 0.4) is 0 Å². The van der Waals surface area contributed by atoms with Gasteiger partial charge < -0.3 is 19.7 Å². The summed E-state index contributed by atoms with van der Waals surface area (Å²) in [5.41, 5.74) is -1.86. The van der Waals surface area contributed by atoms with Crippen LogP contribution in [0.15, 0.2) is 34.9 Å². The molecule has 0 aromatic carbocycles. The lowest BCUT2D eigenvalue weighted by molar-refractivity contribution is -0.201. The van der Waals surface area contributed by atoms with Gasteiger partial charge in [-0.15, -0.1) is 0 Å². The number of allylic oxidation sites excluding steroid dienone is 2. The first kappa shape index (κ1) is 23.4. The van der Waals surface area contributed by atoms with E-state index in [-0.39, 0.29) is 29.6 Å². The number of rotatable bonds is 4. The molecule has 0 saturated heterocycles. The summed E-state index contributed by atoms with van der Waals surface area (Å²) in [6.07, 6.45) is 3.49. The van der Waals surface area contributed by atoms with Crippen LogP contribution in [0.1, 0.15) is 48.0 Å². The van der Waals surface area contributed by atoms with Gasteiger partial charge in [0, 0.05) is 18.6 Å². The topological polar surface area (TPSA) is 93.1 Å². The molecule has 6 nitrogen and oxygen atoms in total. The molecule has 32 heavy (non-hydrogen) atoms. The number of carbonyl (C=O) groups excluding carboxylic acids is 2. The smallest absolute Gasteiger partial charge is 0.334 e. The summed E-state index contributed by atoms with van der Waals surface area (Å²) in [4.78, 5) is 27.0. The Morgan fingerprint density at radius 1 is 1.34 bits per heavy atom. The van der Waals surface area contributed by atoms with Crippen molar-refractivity contribution in [2.45, 2.75) is 65.8 Å². The number of carbonyl (C=O) groups is 2. The van der Waals surface area contributed by atoms with E-state index in [2.05, 4.69) is 13.8 Å². The zero-order valence-electron chi connectivity index (χ0n) is 20.1. The fourth-order valence-corrected chi connectivity index (χ4v) is 7.07. The quantitative estimate of drug-likeness (QED) is 0.393. The number of esters is 1. The molecular weight excluding hydrogens is 408 g/mol. The highest BCUT2D eigenvalue weighted by molar-refractivity contribution is 5.96. The van der Waals surface area contributed by atoms with Crippen molar-refractivity contribution in [3.8, 4) is 0 Å². The Balaban J connectivity index is 1.91. The molecule has 2 saturated carbocycles. The number of hydrogen-bond donors (Lipinski definition) is 2. The van der Waals surface area contributed by atoms with Gasteiger partial charge in [0.15, 0.2) is 17.5 Å². The summed E-state index contributed by atoms with van der Waals surface area (Å²) in [5, 5.41) is 24.0. The number of aliphatic hydroxyl groups is 2. The number of ketones is 1. The van der Waals surface area contributed by atoms with Crippen LogP contribution in [-0.2, 0) is 19.1 Å². The van der Waals surface area contributed by atoms with Crippen molar-refractivity contribution in [1.29, 1.82) is 0 Å². The Morgan fingerprint density at radius 3 is 2.59 bits per heavy atom. The van der Waals surface area contributed by atoms with Crippen molar-refractivity contribution < 1.29 is 29.3 Å². The van der Waals surface area contributed by atoms with E-state index in [4.69, 9.17) is 9.47 Å². The average molecular weight is 445 g/mol. The van der Waals surface area contributed by atoms with E-state index in [1.165, 1.54) is 7.11 Å². The zero-order valence-corrected chi connectivity index (χ0v) is 20.1. The lowest BCUT2D eigenvalue weighted by Gasteiger charge is -2.48. The van der Waals surface area contributed by atoms with E-state index >= 15 is 0 Å². The van der Waals surface area contributed by atoms with E-state index in [1.54, 1.807) is 32.9 Å². The Kier molecular flexibility index (Phi) is 5.39. The first-order valence-corrected chi connectivity index (χ1v) is 11.6. The Morgan fingerprint density at radius 2 is 2.00 bits per heavy atom. The van der Waals surface area contributed by atoms with E-state index in [0.29, 0.717) is 22.6 Å². The number of Topliss-reactive ketones (excluding diaryl/α,β-unsaturated/α-hetero) is 1. The third-order valence-electron chi connectivity index (χ3n) is 9.01. The second-order valence-corrected chi connectivity index (χ2v) is 10.9. The number of hydrogen-bond acceptors (Lipinski definition) is 6. The van der Waals surface area contributed by atoms with Crippen LogP contribution in [0.4, 0.5) is 0 Å². The van der Waals surface area contributed by atoms with Crippen LogP contribution in [0.5, 0.6) is 0 Å². The molecule has 2 N–H and O–H groups in total. The summed E-state index contributed by atoms with van der Waals surface area (Å²) in [6, 6.07) is 0. The normalized spacial score (nSPS) is 44.5. The van der Waals surface area contributed by atoms with Gasteiger partial charge in [-0.3, -0.25) is 4.79 Å². The minimum atomic E-state index is -2.00. The van der Waals surface area contributed by atoms with Crippen LogP contribution in [0.25, 0.3) is 0 Å². The largest absolute Gasteiger partial charge is 0.451 e. The van der Waals surface area contributed by atoms with Crippen LogP contribution in [0, 0.1) is 34.5 Å². The van der Waals surface area contributed by atoms with Gasteiger partial charge >= 0.3 is 5.97 Å². The Labute approximate surface area is 190 Å². The highest BCUT2D eigenvalue weighted by Crippen LogP contribution is 2.71. The van der Waals surface area contributed by atoms with Crippen LogP contribution >= 0.6 is 0 Å². The predicted octanol–water partition coefficient (Wildman–Crippen LogP) is 2.99. The second kappa shape index (κ2) is 7.37. The van der Waals surface area contributed by atoms with Crippen molar-refractivity contribution in [3.63, 3.8) is 0 Å². The highest BCUT2D eigenvalue weighted by Gasteiger charge is 2.76. The summed E-state index contributed by atoms with van der Waals surface area (Å²) in [6.45, 7) is 11.6. The molecule has 1 spiro atoms. The van der Waals surface area contributed by atoms with Gasteiger partial charge in [0.1, 0.15) is 6.10 Å². The molecule has 0 heterocycles. The van der Waals surface area contributed by atoms with Gasteiger partial charge in [-0.1, -0.05) is 39.0 Å². The van der Waals surface area contributed by atoms with Gasteiger partial charge in [-0.05, 0) is 61.5 Å². The molecule has 0 aromatic rings. The van der Waals surface area contributed by atoms with Crippen molar-refractivity contribution in [1.82, 2.24) is 0 Å². The molecule has 0 aliphatic heterocycles. The van der Waals surface area contributed by atoms with Crippen LogP contribution in [0.2, 0.25) is 0 Å². The van der Waals surface area contributed by atoms with E-state index < -0.39 is 35.1 Å². The van der Waals surface area contributed by atoms with Gasteiger partial charge in [-0.25, -0.2) is 4.79 Å². The number of aliphatic hydroxyl groups excluding tert-OH is 1. The number of ether oxygens (including phenoxy) is 2. The molecule has 0 aromatic heterocycles. The molecule has 0 radical (unpaired) electrons. The number of fused-ring (bicyclic) bond motifs is 3.